The van der Waals surface area contributed by atoms with E-state index in [-0.39, 0.29) is 24.5 Å². The molecule has 2 aromatic rings. The lowest BCUT2D eigenvalue weighted by molar-refractivity contribution is 0.0283. The first-order chi connectivity index (χ1) is 8.56. The van der Waals surface area contributed by atoms with Crippen LogP contribution in [-0.4, -0.2) is 42.6 Å². The summed E-state index contributed by atoms with van der Waals surface area (Å²) >= 11 is 0. The van der Waals surface area contributed by atoms with Crippen LogP contribution in [0.1, 0.15) is 17.4 Å². The number of rotatable bonds is 4. The van der Waals surface area contributed by atoms with Crippen LogP contribution in [0.25, 0.3) is 10.9 Å². The van der Waals surface area contributed by atoms with Crippen molar-refractivity contribution in [2.75, 3.05) is 20.6 Å². The van der Waals surface area contributed by atoms with Gasteiger partial charge in [0.1, 0.15) is 11.8 Å². The third kappa shape index (κ3) is 3.98. The summed E-state index contributed by atoms with van der Waals surface area (Å²) in [7, 11) is 3.90. The molecule has 1 heterocycles. The molecule has 0 spiro atoms. The molecule has 0 fully saturated rings. The Labute approximate surface area is 119 Å². The largest absolute Gasteiger partial charge is 0.457 e. The number of benzene rings is 1. The van der Waals surface area contributed by atoms with Gasteiger partial charge < -0.3 is 14.6 Å². The molecule has 0 saturated heterocycles. The van der Waals surface area contributed by atoms with E-state index in [1.54, 1.807) is 0 Å². The van der Waals surface area contributed by atoms with E-state index in [0.717, 1.165) is 10.9 Å². The lowest BCUT2D eigenvalue weighted by Crippen LogP contribution is -2.28. The van der Waals surface area contributed by atoms with E-state index in [4.69, 9.17) is 4.74 Å². The van der Waals surface area contributed by atoms with Gasteiger partial charge in [-0.25, -0.2) is 4.79 Å². The third-order valence-electron chi connectivity index (χ3n) is 2.68. The van der Waals surface area contributed by atoms with Gasteiger partial charge in [-0.3, -0.25) is 0 Å². The molecule has 0 aliphatic heterocycles. The van der Waals surface area contributed by atoms with Gasteiger partial charge in [-0.15, -0.1) is 12.4 Å². The first-order valence-electron chi connectivity index (χ1n) is 5.99. The van der Waals surface area contributed by atoms with Gasteiger partial charge in [0, 0.05) is 17.4 Å². The number of nitrogens with zero attached hydrogens (tertiary/aromatic N) is 1. The van der Waals surface area contributed by atoms with Crippen molar-refractivity contribution in [3.63, 3.8) is 0 Å². The third-order valence-corrected chi connectivity index (χ3v) is 2.68. The van der Waals surface area contributed by atoms with Gasteiger partial charge in [0.05, 0.1) is 0 Å². The maximum atomic E-state index is 11.9. The lowest BCUT2D eigenvalue weighted by atomic mass is 10.2. The van der Waals surface area contributed by atoms with E-state index in [1.165, 1.54) is 0 Å². The number of carbonyl (C=O) groups is 1. The number of H-pyrrole nitrogens is 1. The molecule has 0 amide bonds. The SMILES string of the molecule is CC(CN(C)C)OC(=O)c1cc2ccccc2[nH]1.Cl. The highest BCUT2D eigenvalue weighted by Gasteiger charge is 2.14. The lowest BCUT2D eigenvalue weighted by Gasteiger charge is -2.16. The predicted molar refractivity (Wildman–Crippen MR) is 79.0 cm³/mol. The molecule has 2 rings (SSSR count). The highest BCUT2D eigenvalue weighted by atomic mass is 35.5. The van der Waals surface area contributed by atoms with Crippen LogP contribution in [0.3, 0.4) is 0 Å². The number of nitrogens with one attached hydrogen (secondary N) is 1. The molecule has 1 N–H and O–H groups in total. The minimum Gasteiger partial charge on any atom is -0.457 e. The Morgan fingerprint density at radius 1 is 1.37 bits per heavy atom. The fraction of sp³-hybridized carbons (Fsp3) is 0.357. The van der Waals surface area contributed by atoms with Gasteiger partial charge in [0.15, 0.2) is 0 Å². The Kier molecular flexibility index (Phi) is 5.39. The van der Waals surface area contributed by atoms with E-state index in [9.17, 15) is 4.79 Å². The zero-order valence-corrected chi connectivity index (χ0v) is 12.2. The second-order valence-corrected chi connectivity index (χ2v) is 4.75. The number of ether oxygens (including phenoxy) is 1. The summed E-state index contributed by atoms with van der Waals surface area (Å²) in [6, 6.07) is 9.60. The molecule has 104 valence electrons. The normalized spacial score (nSPS) is 12.2. The van der Waals surface area contributed by atoms with Gasteiger partial charge in [0.2, 0.25) is 0 Å². The average molecular weight is 283 g/mol. The van der Waals surface area contributed by atoms with E-state index < -0.39 is 0 Å². The fourth-order valence-corrected chi connectivity index (χ4v) is 1.98. The Balaban J connectivity index is 0.00000180. The molecule has 0 radical (unpaired) electrons. The first-order valence-corrected chi connectivity index (χ1v) is 5.99. The van der Waals surface area contributed by atoms with Crippen molar-refractivity contribution in [3.8, 4) is 0 Å². The molecule has 1 aromatic carbocycles. The summed E-state index contributed by atoms with van der Waals surface area (Å²) < 4.78 is 5.36. The molecule has 4 nitrogen and oxygen atoms in total. The van der Waals surface area contributed by atoms with Crippen LogP contribution < -0.4 is 0 Å². The van der Waals surface area contributed by atoms with Crippen molar-refractivity contribution < 1.29 is 9.53 Å². The maximum Gasteiger partial charge on any atom is 0.355 e. The van der Waals surface area contributed by atoms with E-state index in [0.29, 0.717) is 12.2 Å². The van der Waals surface area contributed by atoms with Gasteiger partial charge in [-0.2, -0.15) is 0 Å². The van der Waals surface area contributed by atoms with Crippen LogP contribution in [0.5, 0.6) is 0 Å². The van der Waals surface area contributed by atoms with Crippen molar-refractivity contribution in [3.05, 3.63) is 36.0 Å². The van der Waals surface area contributed by atoms with E-state index in [2.05, 4.69) is 4.98 Å². The van der Waals surface area contributed by atoms with Gasteiger partial charge in [0.25, 0.3) is 0 Å². The number of esters is 1. The van der Waals surface area contributed by atoms with Gasteiger partial charge in [-0.1, -0.05) is 18.2 Å². The molecular weight excluding hydrogens is 264 g/mol. The second kappa shape index (κ2) is 6.59. The Morgan fingerprint density at radius 2 is 2.05 bits per heavy atom. The summed E-state index contributed by atoms with van der Waals surface area (Å²) in [5.41, 5.74) is 1.45. The Bertz CT molecular complexity index is 518. The number of likely N-dealkylation sites (N-methyl/N-ethyl adjacent to an activating group) is 1. The van der Waals surface area contributed by atoms with Crippen LogP contribution in [0.4, 0.5) is 0 Å². The number of hydrogen-bond donors (Lipinski definition) is 1. The molecule has 0 aliphatic carbocycles. The summed E-state index contributed by atoms with van der Waals surface area (Å²) in [4.78, 5) is 17.0. The highest BCUT2D eigenvalue weighted by Crippen LogP contribution is 2.15. The number of halogens is 1. The molecule has 0 aliphatic rings. The molecule has 1 unspecified atom stereocenters. The predicted octanol–water partition coefficient (Wildman–Crippen LogP) is 2.70. The summed E-state index contributed by atoms with van der Waals surface area (Å²) in [6.07, 6.45) is -0.126. The Hall–Kier alpha value is -1.52. The molecule has 19 heavy (non-hydrogen) atoms. The number of hydrogen-bond acceptors (Lipinski definition) is 3. The molecule has 5 heteroatoms. The van der Waals surface area contributed by atoms with Gasteiger partial charge in [-0.05, 0) is 33.2 Å². The molecular formula is C14H19ClN2O2. The summed E-state index contributed by atoms with van der Waals surface area (Å²) in [5, 5.41) is 1.02. The van der Waals surface area contributed by atoms with Crippen molar-refractivity contribution in [2.45, 2.75) is 13.0 Å². The number of aromatic nitrogens is 1. The summed E-state index contributed by atoms with van der Waals surface area (Å²) in [6.45, 7) is 2.60. The highest BCUT2D eigenvalue weighted by molar-refractivity contribution is 5.94. The number of carbonyl (C=O) groups excluding carboxylic acids is 1. The van der Waals surface area contributed by atoms with Crippen molar-refractivity contribution in [1.29, 1.82) is 0 Å². The number of fused-ring (bicyclic) bond motifs is 1. The van der Waals surface area contributed by atoms with Crippen LogP contribution in [0, 0.1) is 0 Å². The number of para-hydroxylation sites is 1. The van der Waals surface area contributed by atoms with Crippen LogP contribution in [-0.2, 0) is 4.74 Å². The molecule has 1 atom stereocenters. The Morgan fingerprint density at radius 3 is 2.68 bits per heavy atom. The zero-order valence-electron chi connectivity index (χ0n) is 11.3. The monoisotopic (exact) mass is 282 g/mol. The smallest absolute Gasteiger partial charge is 0.355 e. The molecule has 0 saturated carbocycles. The molecule has 0 bridgehead atoms. The van der Waals surface area contributed by atoms with Crippen molar-refractivity contribution in [1.82, 2.24) is 9.88 Å². The van der Waals surface area contributed by atoms with Crippen molar-refractivity contribution in [2.24, 2.45) is 0 Å². The van der Waals surface area contributed by atoms with Crippen LogP contribution in [0.2, 0.25) is 0 Å². The van der Waals surface area contributed by atoms with Gasteiger partial charge >= 0.3 is 5.97 Å². The van der Waals surface area contributed by atoms with Crippen LogP contribution in [0.15, 0.2) is 30.3 Å². The standard InChI is InChI=1S/C14H18N2O2.ClH/c1-10(9-16(2)3)18-14(17)13-8-11-6-4-5-7-12(11)15-13;/h4-8,10,15H,9H2,1-3H3;1H. The quantitative estimate of drug-likeness (QED) is 0.877. The number of aromatic amines is 1. The van der Waals surface area contributed by atoms with Crippen molar-refractivity contribution >= 4 is 29.3 Å². The maximum absolute atomic E-state index is 11.9. The topological polar surface area (TPSA) is 45.3 Å². The zero-order chi connectivity index (χ0) is 13.1. The van der Waals surface area contributed by atoms with Crippen LogP contribution >= 0.6 is 12.4 Å². The minimum atomic E-state index is -0.305. The first kappa shape index (κ1) is 15.5. The fourth-order valence-electron chi connectivity index (χ4n) is 1.98. The van der Waals surface area contributed by atoms with E-state index in [1.807, 2.05) is 56.3 Å². The second-order valence-electron chi connectivity index (χ2n) is 4.75. The van der Waals surface area contributed by atoms with E-state index >= 15 is 0 Å². The minimum absolute atomic E-state index is 0. The summed E-state index contributed by atoms with van der Waals surface area (Å²) in [5.74, 6) is -0.305. The molecule has 1 aromatic heterocycles. The average Bonchev–Trinajstić information content (AvgIpc) is 2.71.